The van der Waals surface area contributed by atoms with Crippen LogP contribution in [0.25, 0.3) is 0 Å². The summed E-state index contributed by atoms with van der Waals surface area (Å²) < 4.78 is 11.5. The van der Waals surface area contributed by atoms with Crippen LogP contribution in [0.15, 0.2) is 16.6 Å². The molecule has 1 unspecified atom stereocenters. The number of hydrogen-bond donors (Lipinski definition) is 1. The molecule has 0 aliphatic heterocycles. The first-order chi connectivity index (χ1) is 7.63. The van der Waals surface area contributed by atoms with Crippen molar-refractivity contribution < 1.29 is 9.47 Å². The van der Waals surface area contributed by atoms with Gasteiger partial charge in [0.15, 0.2) is 11.5 Å². The number of rotatable bonds is 5. The molecule has 0 fully saturated rings. The van der Waals surface area contributed by atoms with Crippen molar-refractivity contribution in [3.05, 3.63) is 22.2 Å². The Morgan fingerprint density at radius 3 is 2.50 bits per heavy atom. The van der Waals surface area contributed by atoms with Crippen LogP contribution in [0, 0.1) is 0 Å². The van der Waals surface area contributed by atoms with Crippen LogP contribution in [-0.4, -0.2) is 20.8 Å². The van der Waals surface area contributed by atoms with Crippen molar-refractivity contribution in [3.63, 3.8) is 0 Å². The van der Waals surface area contributed by atoms with Gasteiger partial charge in [0.05, 0.1) is 18.7 Å². The van der Waals surface area contributed by atoms with E-state index in [1.54, 1.807) is 14.2 Å². The molecule has 0 bridgehead atoms. The number of benzene rings is 1. The van der Waals surface area contributed by atoms with E-state index in [-0.39, 0.29) is 0 Å². The summed E-state index contributed by atoms with van der Waals surface area (Å²) >= 11 is 3.48. The van der Waals surface area contributed by atoms with Crippen molar-refractivity contribution in [3.8, 4) is 11.5 Å². The first-order valence-electron chi connectivity index (χ1n) is 5.25. The summed E-state index contributed by atoms with van der Waals surface area (Å²) in [5.74, 6) is 1.89. The summed E-state index contributed by atoms with van der Waals surface area (Å²) in [4.78, 5) is 0. The fourth-order valence-corrected chi connectivity index (χ4v) is 2.26. The highest BCUT2D eigenvalue weighted by molar-refractivity contribution is 9.10. The Morgan fingerprint density at radius 2 is 2.00 bits per heavy atom. The molecule has 0 saturated carbocycles. The van der Waals surface area contributed by atoms with Crippen LogP contribution in [0.4, 0.5) is 0 Å². The highest BCUT2D eigenvalue weighted by Crippen LogP contribution is 2.38. The molecule has 0 spiro atoms. The number of nitrogens with two attached hydrogens (primary N) is 1. The Balaban J connectivity index is 3.09. The van der Waals surface area contributed by atoms with E-state index >= 15 is 0 Å². The average molecular weight is 288 g/mol. The molecular formula is C12H18BrNO2. The van der Waals surface area contributed by atoms with Gasteiger partial charge in [-0.15, -0.1) is 0 Å². The number of halogens is 1. The Labute approximate surface area is 105 Å². The first-order valence-corrected chi connectivity index (χ1v) is 6.04. The summed E-state index contributed by atoms with van der Waals surface area (Å²) in [7, 11) is 3.27. The molecule has 3 nitrogen and oxygen atoms in total. The number of methoxy groups -OCH3 is 2. The molecule has 1 rings (SSSR count). The average Bonchev–Trinajstić information content (AvgIpc) is 2.28. The quantitative estimate of drug-likeness (QED) is 0.906. The van der Waals surface area contributed by atoms with Crippen LogP contribution in [-0.2, 0) is 0 Å². The standard InChI is InChI=1S/C12H18BrNO2/c1-8(4-5-14)9-6-10(13)12(16-3)11(7-9)15-2/h6-8H,4-5,14H2,1-3H3. The highest BCUT2D eigenvalue weighted by Gasteiger charge is 2.13. The summed E-state index contributed by atoms with van der Waals surface area (Å²) in [5.41, 5.74) is 6.77. The van der Waals surface area contributed by atoms with Crippen molar-refractivity contribution >= 4 is 15.9 Å². The van der Waals surface area contributed by atoms with Crippen molar-refractivity contribution in [1.82, 2.24) is 0 Å². The zero-order valence-corrected chi connectivity index (χ0v) is 11.5. The van der Waals surface area contributed by atoms with Crippen molar-refractivity contribution in [2.45, 2.75) is 19.3 Å². The van der Waals surface area contributed by atoms with Crippen molar-refractivity contribution in [2.24, 2.45) is 5.73 Å². The van der Waals surface area contributed by atoms with Gasteiger partial charge in [0.1, 0.15) is 0 Å². The zero-order valence-electron chi connectivity index (χ0n) is 9.92. The van der Waals surface area contributed by atoms with Gasteiger partial charge in [-0.1, -0.05) is 6.92 Å². The lowest BCUT2D eigenvalue weighted by Crippen LogP contribution is -2.05. The molecule has 0 aliphatic rings. The van der Waals surface area contributed by atoms with E-state index in [2.05, 4.69) is 28.9 Å². The lowest BCUT2D eigenvalue weighted by atomic mass is 9.97. The lowest BCUT2D eigenvalue weighted by Gasteiger charge is -2.15. The fraction of sp³-hybridized carbons (Fsp3) is 0.500. The van der Waals surface area contributed by atoms with Gasteiger partial charge in [-0.05, 0) is 52.5 Å². The second-order valence-electron chi connectivity index (χ2n) is 3.72. The molecule has 90 valence electrons. The van der Waals surface area contributed by atoms with E-state index in [1.807, 2.05) is 6.07 Å². The van der Waals surface area contributed by atoms with Crippen molar-refractivity contribution in [2.75, 3.05) is 20.8 Å². The Morgan fingerprint density at radius 1 is 1.31 bits per heavy atom. The smallest absolute Gasteiger partial charge is 0.174 e. The van der Waals surface area contributed by atoms with E-state index in [1.165, 1.54) is 5.56 Å². The largest absolute Gasteiger partial charge is 0.493 e. The van der Waals surface area contributed by atoms with Crippen LogP contribution >= 0.6 is 15.9 Å². The van der Waals surface area contributed by atoms with Gasteiger partial charge in [-0.2, -0.15) is 0 Å². The van der Waals surface area contributed by atoms with Gasteiger partial charge >= 0.3 is 0 Å². The van der Waals surface area contributed by atoms with Gasteiger partial charge < -0.3 is 15.2 Å². The Hall–Kier alpha value is -0.740. The maximum Gasteiger partial charge on any atom is 0.174 e. The van der Waals surface area contributed by atoms with E-state index in [4.69, 9.17) is 15.2 Å². The maximum atomic E-state index is 5.56. The molecule has 1 atom stereocenters. The van der Waals surface area contributed by atoms with Crippen LogP contribution in [0.3, 0.4) is 0 Å². The molecule has 0 heterocycles. The minimum atomic E-state index is 0.418. The normalized spacial score (nSPS) is 12.3. The molecular weight excluding hydrogens is 270 g/mol. The molecule has 0 aromatic heterocycles. The summed E-state index contributed by atoms with van der Waals surface area (Å²) in [5, 5.41) is 0. The Kier molecular flexibility index (Phi) is 5.09. The highest BCUT2D eigenvalue weighted by atomic mass is 79.9. The predicted octanol–water partition coefficient (Wildman–Crippen LogP) is 2.92. The lowest BCUT2D eigenvalue weighted by molar-refractivity contribution is 0.352. The van der Waals surface area contributed by atoms with Gasteiger partial charge in [0, 0.05) is 0 Å². The third kappa shape index (κ3) is 2.89. The molecule has 0 saturated heterocycles. The second kappa shape index (κ2) is 6.11. The van der Waals surface area contributed by atoms with E-state index in [9.17, 15) is 0 Å². The zero-order chi connectivity index (χ0) is 12.1. The fourth-order valence-electron chi connectivity index (χ4n) is 1.64. The molecule has 4 heteroatoms. The molecule has 1 aromatic rings. The minimum Gasteiger partial charge on any atom is -0.493 e. The van der Waals surface area contributed by atoms with E-state index in [0.717, 1.165) is 22.4 Å². The van der Waals surface area contributed by atoms with Gasteiger partial charge in [-0.3, -0.25) is 0 Å². The van der Waals surface area contributed by atoms with Crippen LogP contribution < -0.4 is 15.2 Å². The third-order valence-corrected chi connectivity index (χ3v) is 3.21. The van der Waals surface area contributed by atoms with Crippen LogP contribution in [0.5, 0.6) is 11.5 Å². The second-order valence-corrected chi connectivity index (χ2v) is 4.57. The topological polar surface area (TPSA) is 44.5 Å². The molecule has 16 heavy (non-hydrogen) atoms. The third-order valence-electron chi connectivity index (χ3n) is 2.62. The molecule has 0 aliphatic carbocycles. The number of ether oxygens (including phenoxy) is 2. The first kappa shape index (κ1) is 13.3. The minimum absolute atomic E-state index is 0.418. The van der Waals surface area contributed by atoms with Crippen molar-refractivity contribution in [1.29, 1.82) is 0 Å². The van der Waals surface area contributed by atoms with Crippen LogP contribution in [0.1, 0.15) is 24.8 Å². The molecule has 0 radical (unpaired) electrons. The molecule has 2 N–H and O–H groups in total. The number of hydrogen-bond acceptors (Lipinski definition) is 3. The van der Waals surface area contributed by atoms with E-state index < -0.39 is 0 Å². The predicted molar refractivity (Wildman–Crippen MR) is 69.3 cm³/mol. The van der Waals surface area contributed by atoms with E-state index in [0.29, 0.717) is 12.5 Å². The summed E-state index contributed by atoms with van der Waals surface area (Å²) in [6.07, 6.45) is 0.960. The van der Waals surface area contributed by atoms with Gasteiger partial charge in [0.2, 0.25) is 0 Å². The Bertz CT molecular complexity index is 355. The van der Waals surface area contributed by atoms with Gasteiger partial charge in [0.25, 0.3) is 0 Å². The molecule has 0 amide bonds. The van der Waals surface area contributed by atoms with Gasteiger partial charge in [-0.25, -0.2) is 0 Å². The molecule has 1 aromatic carbocycles. The SMILES string of the molecule is COc1cc(C(C)CCN)cc(Br)c1OC. The summed E-state index contributed by atoms with van der Waals surface area (Å²) in [6.45, 7) is 2.84. The summed E-state index contributed by atoms with van der Waals surface area (Å²) in [6, 6.07) is 4.06. The maximum absolute atomic E-state index is 5.56. The van der Waals surface area contributed by atoms with Crippen LogP contribution in [0.2, 0.25) is 0 Å². The monoisotopic (exact) mass is 287 g/mol.